The number of aryl methyl sites for hydroxylation is 1. The van der Waals surface area contributed by atoms with Crippen LogP contribution in [0.2, 0.25) is 5.02 Å². The summed E-state index contributed by atoms with van der Waals surface area (Å²) in [5.41, 5.74) is 0.104. The first kappa shape index (κ1) is 18.3. The van der Waals surface area contributed by atoms with Crippen LogP contribution in [0.3, 0.4) is 0 Å². The van der Waals surface area contributed by atoms with Gasteiger partial charge >= 0.3 is 0 Å². The molecular weight excluding hydrogens is 360 g/mol. The van der Waals surface area contributed by atoms with Gasteiger partial charge in [0.25, 0.3) is 5.69 Å². The number of nitro benzene ring substituents is 1. The smallest absolute Gasteiger partial charge is 0.289 e. The highest BCUT2D eigenvalue weighted by Crippen LogP contribution is 2.27. The number of hydrogen-bond acceptors (Lipinski definition) is 6. The van der Waals surface area contributed by atoms with Crippen molar-refractivity contribution < 1.29 is 9.72 Å². The highest BCUT2D eigenvalue weighted by molar-refractivity contribution is 6.32. The van der Waals surface area contributed by atoms with Crippen molar-refractivity contribution in [1.82, 2.24) is 19.8 Å². The first-order chi connectivity index (χ1) is 12.5. The summed E-state index contributed by atoms with van der Waals surface area (Å²) in [6, 6.07) is 4.18. The number of nitrogens with zero attached hydrogens (tertiary/aromatic N) is 4. The van der Waals surface area contributed by atoms with E-state index in [1.54, 1.807) is 12.3 Å². The van der Waals surface area contributed by atoms with E-state index in [1.165, 1.54) is 12.1 Å². The number of amides is 1. The molecule has 138 valence electrons. The fourth-order valence-corrected chi connectivity index (χ4v) is 3.19. The molecule has 1 unspecified atom stereocenters. The lowest BCUT2D eigenvalue weighted by atomic mass is 10.1. The number of aromatic nitrogens is 2. The minimum absolute atomic E-state index is 0.0194. The molecule has 2 aromatic rings. The van der Waals surface area contributed by atoms with Gasteiger partial charge in [0.15, 0.2) is 0 Å². The fourth-order valence-electron chi connectivity index (χ4n) is 3.00. The van der Waals surface area contributed by atoms with Crippen LogP contribution >= 0.6 is 11.6 Å². The lowest BCUT2D eigenvalue weighted by molar-refractivity contribution is -0.384. The summed E-state index contributed by atoms with van der Waals surface area (Å²) in [4.78, 5) is 29.3. The Morgan fingerprint density at radius 3 is 3.04 bits per heavy atom. The van der Waals surface area contributed by atoms with Gasteiger partial charge in [0.05, 0.1) is 17.5 Å². The van der Waals surface area contributed by atoms with E-state index in [2.05, 4.69) is 15.6 Å². The maximum atomic E-state index is 12.4. The van der Waals surface area contributed by atoms with Gasteiger partial charge in [0.2, 0.25) is 5.91 Å². The van der Waals surface area contributed by atoms with Gasteiger partial charge in [0.1, 0.15) is 10.8 Å². The maximum absolute atomic E-state index is 12.4. The highest BCUT2D eigenvalue weighted by atomic mass is 35.5. The van der Waals surface area contributed by atoms with Crippen LogP contribution < -0.4 is 10.6 Å². The average Bonchev–Trinajstić information content (AvgIpc) is 3.02. The molecule has 26 heavy (non-hydrogen) atoms. The van der Waals surface area contributed by atoms with Crippen molar-refractivity contribution in [1.29, 1.82) is 0 Å². The number of carbonyl (C=O) groups is 1. The van der Waals surface area contributed by atoms with Crippen LogP contribution in [0.5, 0.6) is 0 Å². The first-order valence-electron chi connectivity index (χ1n) is 8.11. The lowest BCUT2D eigenvalue weighted by Crippen LogP contribution is -2.49. The molecule has 3 rings (SSSR count). The Bertz CT molecular complexity index is 824. The molecular formula is C16H19ClN6O3. The summed E-state index contributed by atoms with van der Waals surface area (Å²) in [5.74, 6) is 0.634. The van der Waals surface area contributed by atoms with Crippen LogP contribution in [-0.4, -0.2) is 51.5 Å². The van der Waals surface area contributed by atoms with E-state index in [9.17, 15) is 14.9 Å². The first-order valence-corrected chi connectivity index (χ1v) is 8.49. The molecule has 1 aliphatic heterocycles. The molecule has 1 aromatic carbocycles. The molecule has 1 saturated heterocycles. The Kier molecular flexibility index (Phi) is 5.50. The average molecular weight is 379 g/mol. The number of benzene rings is 1. The number of halogens is 1. The van der Waals surface area contributed by atoms with Crippen molar-refractivity contribution in [3.05, 3.63) is 51.6 Å². The summed E-state index contributed by atoms with van der Waals surface area (Å²) >= 11 is 5.80. The number of nitrogens with one attached hydrogen (secondary N) is 2. The number of imidazole rings is 1. The standard InChI is InChI=1S/C16H19ClN6O3/c1-21-6-5-19-16(21)14-9-18-4-7-22(14)10-15(24)20-11-2-3-12(17)13(8-11)23(25)26/h2-3,5-6,8,14,18H,4,7,9-10H2,1H3,(H,20,24). The van der Waals surface area contributed by atoms with Crippen LogP contribution in [0.1, 0.15) is 11.9 Å². The summed E-state index contributed by atoms with van der Waals surface area (Å²) in [5, 5.41) is 17.0. The van der Waals surface area contributed by atoms with Gasteiger partial charge in [-0.2, -0.15) is 0 Å². The molecule has 1 amide bonds. The normalized spacial score (nSPS) is 17.8. The topological polar surface area (TPSA) is 105 Å². The zero-order valence-electron chi connectivity index (χ0n) is 14.2. The third kappa shape index (κ3) is 4.01. The fraction of sp³-hybridized carbons (Fsp3) is 0.375. The Labute approximate surface area is 155 Å². The van der Waals surface area contributed by atoms with Gasteiger partial charge in [-0.05, 0) is 12.1 Å². The van der Waals surface area contributed by atoms with Crippen molar-refractivity contribution in [2.24, 2.45) is 7.05 Å². The van der Waals surface area contributed by atoms with Gasteiger partial charge < -0.3 is 15.2 Å². The van der Waals surface area contributed by atoms with Crippen LogP contribution in [0.4, 0.5) is 11.4 Å². The predicted molar refractivity (Wildman–Crippen MR) is 97.1 cm³/mol. The molecule has 10 heteroatoms. The Morgan fingerprint density at radius 2 is 2.35 bits per heavy atom. The molecule has 0 radical (unpaired) electrons. The van der Waals surface area contributed by atoms with Gasteiger partial charge in [-0.25, -0.2) is 4.98 Å². The zero-order valence-corrected chi connectivity index (χ0v) is 14.9. The third-order valence-electron chi connectivity index (χ3n) is 4.28. The van der Waals surface area contributed by atoms with Crippen LogP contribution in [0, 0.1) is 10.1 Å². The van der Waals surface area contributed by atoms with Gasteiger partial charge in [-0.3, -0.25) is 19.8 Å². The SMILES string of the molecule is Cn1ccnc1C1CNCCN1CC(=O)Nc1ccc(Cl)c([N+](=O)[O-])c1. The second-order valence-corrected chi connectivity index (χ2v) is 6.47. The number of carbonyl (C=O) groups excluding carboxylic acids is 1. The molecule has 1 aromatic heterocycles. The van der Waals surface area contributed by atoms with Gasteiger partial charge in [-0.1, -0.05) is 11.6 Å². The second-order valence-electron chi connectivity index (χ2n) is 6.06. The quantitative estimate of drug-likeness (QED) is 0.604. The molecule has 0 spiro atoms. The minimum Gasteiger partial charge on any atom is -0.337 e. The minimum atomic E-state index is -0.578. The van der Waals surface area contributed by atoms with E-state index in [4.69, 9.17) is 11.6 Å². The molecule has 9 nitrogen and oxygen atoms in total. The molecule has 1 atom stereocenters. The molecule has 0 saturated carbocycles. The van der Waals surface area contributed by atoms with Crippen molar-refractivity contribution >= 4 is 28.9 Å². The number of nitro groups is 1. The van der Waals surface area contributed by atoms with Crippen LogP contribution in [0.25, 0.3) is 0 Å². The van der Waals surface area contributed by atoms with Crippen molar-refractivity contribution in [3.63, 3.8) is 0 Å². The number of anilines is 1. The lowest BCUT2D eigenvalue weighted by Gasteiger charge is -2.35. The number of hydrogen-bond donors (Lipinski definition) is 2. The molecule has 2 N–H and O–H groups in total. The summed E-state index contributed by atoms with van der Waals surface area (Å²) in [6.07, 6.45) is 3.60. The molecule has 1 fully saturated rings. The molecule has 1 aliphatic rings. The predicted octanol–water partition coefficient (Wildman–Crippen LogP) is 1.57. The van der Waals surface area contributed by atoms with E-state index in [0.717, 1.165) is 12.4 Å². The number of rotatable bonds is 5. The monoisotopic (exact) mass is 378 g/mol. The largest absolute Gasteiger partial charge is 0.337 e. The second kappa shape index (κ2) is 7.81. The summed E-state index contributed by atoms with van der Waals surface area (Å²) in [7, 11) is 1.92. The Morgan fingerprint density at radius 1 is 1.54 bits per heavy atom. The van der Waals surface area contributed by atoms with E-state index < -0.39 is 4.92 Å². The third-order valence-corrected chi connectivity index (χ3v) is 4.60. The Hall–Kier alpha value is -2.49. The molecule has 2 heterocycles. The van der Waals surface area contributed by atoms with Gasteiger partial charge in [0, 0.05) is 50.8 Å². The Balaban J connectivity index is 1.69. The van der Waals surface area contributed by atoms with Crippen molar-refractivity contribution in [2.75, 3.05) is 31.5 Å². The van der Waals surface area contributed by atoms with Crippen LogP contribution in [-0.2, 0) is 11.8 Å². The molecule has 0 bridgehead atoms. The maximum Gasteiger partial charge on any atom is 0.289 e. The summed E-state index contributed by atoms with van der Waals surface area (Å²) in [6.45, 7) is 2.34. The van der Waals surface area contributed by atoms with Gasteiger partial charge in [-0.15, -0.1) is 0 Å². The molecule has 0 aliphatic carbocycles. The van der Waals surface area contributed by atoms with E-state index >= 15 is 0 Å². The highest BCUT2D eigenvalue weighted by Gasteiger charge is 2.28. The van der Waals surface area contributed by atoms with Crippen molar-refractivity contribution in [2.45, 2.75) is 6.04 Å². The zero-order chi connectivity index (χ0) is 18.7. The summed E-state index contributed by atoms with van der Waals surface area (Å²) < 4.78 is 1.94. The van der Waals surface area contributed by atoms with E-state index in [-0.39, 0.29) is 29.2 Å². The van der Waals surface area contributed by atoms with Crippen molar-refractivity contribution in [3.8, 4) is 0 Å². The van der Waals surface area contributed by atoms with E-state index in [1.807, 2.05) is 22.7 Å². The van der Waals surface area contributed by atoms with E-state index in [0.29, 0.717) is 18.8 Å². The van der Waals surface area contributed by atoms with Crippen LogP contribution in [0.15, 0.2) is 30.6 Å². The number of piperazine rings is 1.